The molecule has 21 rings (SSSR count). The van der Waals surface area contributed by atoms with Crippen molar-refractivity contribution in [2.24, 2.45) is 0 Å². The number of hydrogen-bond donors (Lipinski definition) is 19. The zero-order valence-corrected chi connectivity index (χ0v) is 40.6. The van der Waals surface area contributed by atoms with Crippen LogP contribution >= 0.6 is 11.8 Å². The molecule has 0 aromatic carbocycles. The standard InChI is InChI=1S/C42H68O33S/c43-1-8-27-15(50)22(57)37(63-8)71-29-10(3-45)65-39(24(59)17(29)52)73-31-12(5-47)67-41(26(61)19(31)54)75-33-14(7-49)68-42(35-34(33)76-35)74-32-13(6-48)66-40(25(60)20(32)55)72-30-11(4-46)64-38(23(58)18(30)53)70-28-9(2-44)62-36(69-27)21(56)16(28)51/h8-61H,1-7H2/t8-,9-,10-,11-,12-,13-,14-,15-,16-,17-,18-,19-,20-,21-,22-,23-,24-,25-,26-,27-,28-,29-,30-,31-,32-,33-,34-,35-,36-,37-,38-,39-,40-,41-,42-/m1/s1. The Hall–Kier alpha value is -0.970. The monoisotopic (exact) mass is 1130 g/mol. The van der Waals surface area contributed by atoms with Crippen molar-refractivity contribution in [2.75, 3.05) is 46.2 Å². The van der Waals surface area contributed by atoms with Crippen molar-refractivity contribution in [1.82, 2.24) is 0 Å². The Labute approximate surface area is 433 Å². The van der Waals surface area contributed by atoms with Gasteiger partial charge in [0.25, 0.3) is 0 Å². The maximum Gasteiger partial charge on any atom is 0.187 e. The molecule has 21 fully saturated rings. The smallest absolute Gasteiger partial charge is 0.187 e. The predicted octanol–water partition coefficient (Wildman–Crippen LogP) is -13.5. The van der Waals surface area contributed by atoms with Gasteiger partial charge in [-0.2, -0.15) is 0 Å². The van der Waals surface area contributed by atoms with Crippen LogP contribution in [0.15, 0.2) is 0 Å². The third kappa shape index (κ3) is 11.3. The van der Waals surface area contributed by atoms with E-state index in [1.807, 2.05) is 0 Å². The highest BCUT2D eigenvalue weighted by atomic mass is 32.2. The third-order valence-electron chi connectivity index (χ3n) is 15.0. The summed E-state index contributed by atoms with van der Waals surface area (Å²) in [5, 5.41) is 207. The summed E-state index contributed by atoms with van der Waals surface area (Å²) in [6.45, 7) is -6.60. The summed E-state index contributed by atoms with van der Waals surface area (Å²) in [5.41, 5.74) is 0. The van der Waals surface area contributed by atoms with Crippen LogP contribution in [0.2, 0.25) is 0 Å². The molecule has 0 saturated carbocycles. The average molecular weight is 1130 g/mol. The quantitative estimate of drug-likeness (QED) is 0.105. The maximum atomic E-state index is 11.4. The molecule has 35 atom stereocenters. The summed E-state index contributed by atoms with van der Waals surface area (Å²) >= 11 is 1.18. The van der Waals surface area contributed by atoms with E-state index in [4.69, 9.17) is 66.3 Å². The van der Waals surface area contributed by atoms with Crippen molar-refractivity contribution in [3.63, 3.8) is 0 Å². The number of hydrogen-bond acceptors (Lipinski definition) is 34. The molecule has 440 valence electrons. The van der Waals surface area contributed by atoms with Gasteiger partial charge in [0.1, 0.15) is 159 Å². The SMILES string of the molecule is OC[C@H]1O[C@@H]2O[C@H]3[C@H](O)[C@@H](O)[C@@H](O[C@H]4[C@H](O)[C@@H](O)[C@@H](O[C@H]5[C@H]6S[C@H]6[C@@H](O[C@H]6[C@H](O)[C@@H](O)[C@@H](O[C@H]7[C@H](O)[C@@H](O)[C@@H](O[C@H]8[C@H](O)[C@@H](O)[C@@H](O[C@H]1[C@H](O)[C@H]2O)O[C@@H]8CO)O[C@@H]7CO)O[C@@H]6CO)O[C@@H]5CO)O[C@@H]4CO)O[C@@H]3CO. The lowest BCUT2D eigenvalue weighted by Gasteiger charge is -2.50. The van der Waals surface area contributed by atoms with Crippen molar-refractivity contribution in [2.45, 2.75) is 213 Å². The zero-order chi connectivity index (χ0) is 54.8. The summed E-state index contributed by atoms with van der Waals surface area (Å²) in [6.07, 6.45) is -61.0. The lowest BCUT2D eigenvalue weighted by Crippen LogP contribution is -2.68. The first-order valence-electron chi connectivity index (χ1n) is 24.6. The van der Waals surface area contributed by atoms with Crippen molar-refractivity contribution < 1.29 is 163 Å². The van der Waals surface area contributed by atoms with Crippen LogP contribution in [-0.4, -0.2) is 357 Å². The van der Waals surface area contributed by atoms with Crippen molar-refractivity contribution in [1.29, 1.82) is 0 Å². The van der Waals surface area contributed by atoms with Gasteiger partial charge in [0.05, 0.1) is 56.7 Å². The van der Waals surface area contributed by atoms with E-state index in [9.17, 15) is 97.0 Å². The molecule has 21 saturated heterocycles. The van der Waals surface area contributed by atoms with E-state index in [1.54, 1.807) is 0 Å². The predicted molar refractivity (Wildman–Crippen MR) is 232 cm³/mol. The van der Waals surface area contributed by atoms with Crippen LogP contribution in [0.1, 0.15) is 0 Å². The number of fused-ring (bicyclic) bond motifs is 1. The van der Waals surface area contributed by atoms with Gasteiger partial charge in [-0.25, -0.2) is 0 Å². The summed E-state index contributed by atoms with van der Waals surface area (Å²) in [6, 6.07) is 0. The molecule has 19 N–H and O–H groups in total. The van der Waals surface area contributed by atoms with E-state index in [0.717, 1.165) is 0 Å². The van der Waals surface area contributed by atoms with E-state index in [1.165, 1.54) is 11.8 Å². The Kier molecular flexibility index (Phi) is 19.5. The van der Waals surface area contributed by atoms with Crippen LogP contribution < -0.4 is 0 Å². The Morgan fingerprint density at radius 3 is 0.579 bits per heavy atom. The van der Waals surface area contributed by atoms with E-state index in [2.05, 4.69) is 0 Å². The fourth-order valence-electron chi connectivity index (χ4n) is 10.7. The topological polar surface area (TPSA) is 514 Å². The van der Waals surface area contributed by atoms with Crippen LogP contribution in [0.25, 0.3) is 0 Å². The van der Waals surface area contributed by atoms with Gasteiger partial charge in [0, 0.05) is 0 Å². The molecule has 21 aliphatic rings. The normalized spacial score (nSPS) is 56.3. The lowest BCUT2D eigenvalue weighted by molar-refractivity contribution is -0.396. The highest BCUT2D eigenvalue weighted by Gasteiger charge is 2.63. The molecule has 0 amide bonds. The number of rotatable bonds is 7. The molecule has 0 spiro atoms. The van der Waals surface area contributed by atoms with Crippen LogP contribution in [0.5, 0.6) is 0 Å². The molecule has 21 aliphatic heterocycles. The van der Waals surface area contributed by atoms with Gasteiger partial charge in [0.15, 0.2) is 44.0 Å². The van der Waals surface area contributed by atoms with Gasteiger partial charge in [-0.05, 0) is 0 Å². The highest BCUT2D eigenvalue weighted by molar-refractivity contribution is 8.07. The minimum Gasteiger partial charge on any atom is -0.394 e. The minimum absolute atomic E-state index is 0.605. The molecule has 21 heterocycles. The molecule has 76 heavy (non-hydrogen) atoms. The Balaban J connectivity index is 0.984. The Morgan fingerprint density at radius 1 is 0.197 bits per heavy atom. The van der Waals surface area contributed by atoms with Crippen LogP contribution in [0, 0.1) is 0 Å². The molecule has 0 radical (unpaired) electrons. The molecule has 0 aromatic heterocycles. The minimum atomic E-state index is -2.18. The maximum absolute atomic E-state index is 11.4. The second kappa shape index (κ2) is 24.9. The molecule has 0 unspecified atom stereocenters. The average Bonchev–Trinajstić information content (AvgIpc) is 4.28. The lowest BCUT2D eigenvalue weighted by atomic mass is 9.95. The number of ether oxygens (including phenoxy) is 14. The molecule has 0 aliphatic carbocycles. The summed E-state index contributed by atoms with van der Waals surface area (Å²) in [7, 11) is 0. The molecule has 34 heteroatoms. The van der Waals surface area contributed by atoms with Crippen molar-refractivity contribution >= 4 is 11.8 Å². The highest BCUT2D eigenvalue weighted by Crippen LogP contribution is 2.54. The van der Waals surface area contributed by atoms with Gasteiger partial charge in [-0.1, -0.05) is 0 Å². The van der Waals surface area contributed by atoms with Crippen LogP contribution in [0.3, 0.4) is 0 Å². The van der Waals surface area contributed by atoms with Gasteiger partial charge in [-0.3, -0.25) is 0 Å². The molecule has 33 nitrogen and oxygen atoms in total. The first-order chi connectivity index (χ1) is 36.3. The number of aliphatic hydroxyl groups excluding tert-OH is 19. The molecule has 0 aromatic rings. The first kappa shape index (κ1) is 59.6. The number of aliphatic hydroxyl groups is 19. The zero-order valence-electron chi connectivity index (χ0n) is 39.8. The Bertz CT molecular complexity index is 1850. The second-order valence-corrected chi connectivity index (χ2v) is 21.1. The summed E-state index contributed by atoms with van der Waals surface area (Å²) in [4.78, 5) is 0. The van der Waals surface area contributed by atoms with E-state index in [0.29, 0.717) is 0 Å². The molecular formula is C42H68O33S. The first-order valence-corrected chi connectivity index (χ1v) is 25.5. The van der Waals surface area contributed by atoms with Crippen LogP contribution in [-0.2, 0) is 66.3 Å². The Morgan fingerprint density at radius 2 is 0.368 bits per heavy atom. The summed E-state index contributed by atoms with van der Waals surface area (Å²) < 4.78 is 81.2. The van der Waals surface area contributed by atoms with Crippen molar-refractivity contribution in [3.05, 3.63) is 0 Å². The van der Waals surface area contributed by atoms with E-state index >= 15 is 0 Å². The van der Waals surface area contributed by atoms with Gasteiger partial charge >= 0.3 is 0 Å². The fourth-order valence-corrected chi connectivity index (χ4v) is 11.9. The van der Waals surface area contributed by atoms with Gasteiger partial charge in [-0.15, -0.1) is 11.8 Å². The largest absolute Gasteiger partial charge is 0.394 e. The van der Waals surface area contributed by atoms with Gasteiger partial charge in [0.2, 0.25) is 0 Å². The van der Waals surface area contributed by atoms with E-state index in [-0.39, 0.29) is 0 Å². The fraction of sp³-hybridized carbons (Fsp3) is 1.00. The number of thioether (sulfide) groups is 1. The third-order valence-corrected chi connectivity index (χ3v) is 16.4. The van der Waals surface area contributed by atoms with Crippen LogP contribution in [0.4, 0.5) is 0 Å². The summed E-state index contributed by atoms with van der Waals surface area (Å²) in [5.74, 6) is 0. The molecular weight excluding hydrogens is 1060 g/mol. The van der Waals surface area contributed by atoms with Gasteiger partial charge < -0.3 is 163 Å². The molecule has 14 bridgehead atoms. The van der Waals surface area contributed by atoms with Crippen molar-refractivity contribution in [3.8, 4) is 0 Å². The second-order valence-electron chi connectivity index (χ2n) is 19.7. The van der Waals surface area contributed by atoms with E-state index < -0.39 is 259 Å².